The summed E-state index contributed by atoms with van der Waals surface area (Å²) in [6.45, 7) is 5.08. The van der Waals surface area contributed by atoms with Crippen LogP contribution >= 0.6 is 0 Å². The van der Waals surface area contributed by atoms with Crippen molar-refractivity contribution in [3.05, 3.63) is 24.0 Å². The first-order chi connectivity index (χ1) is 8.93. The number of hydrogen-bond donors (Lipinski definition) is 2. The molecule has 1 aromatic carbocycles. The molecule has 0 aliphatic rings. The number of halogens is 1. The Labute approximate surface area is 111 Å². The first-order valence-electron chi connectivity index (χ1n) is 5.93. The van der Waals surface area contributed by atoms with Gasteiger partial charge in [0.15, 0.2) is 0 Å². The normalized spacial score (nSPS) is 11.8. The number of amides is 2. The fraction of sp³-hybridized carbons (Fsp3) is 0.385. The van der Waals surface area contributed by atoms with Crippen molar-refractivity contribution in [1.82, 2.24) is 0 Å². The molecule has 0 saturated carbocycles. The van der Waals surface area contributed by atoms with Gasteiger partial charge in [-0.3, -0.25) is 9.59 Å². The van der Waals surface area contributed by atoms with Crippen molar-refractivity contribution in [2.24, 2.45) is 0 Å². The van der Waals surface area contributed by atoms with Crippen molar-refractivity contribution in [2.75, 3.05) is 17.2 Å². The third kappa shape index (κ3) is 4.67. The zero-order valence-corrected chi connectivity index (χ0v) is 11.1. The topological polar surface area (TPSA) is 67.4 Å². The van der Waals surface area contributed by atoms with Crippen LogP contribution in [0.15, 0.2) is 18.2 Å². The van der Waals surface area contributed by atoms with Crippen molar-refractivity contribution < 1.29 is 18.7 Å². The number of benzene rings is 1. The Morgan fingerprint density at radius 1 is 1.37 bits per heavy atom. The van der Waals surface area contributed by atoms with Crippen LogP contribution < -0.4 is 10.6 Å². The van der Waals surface area contributed by atoms with Gasteiger partial charge in [-0.05, 0) is 32.0 Å². The molecule has 1 aromatic rings. The molecule has 0 aliphatic heterocycles. The summed E-state index contributed by atoms with van der Waals surface area (Å²) in [6.07, 6.45) is -0.672. The fourth-order valence-electron chi connectivity index (χ4n) is 1.46. The molecular weight excluding hydrogens is 251 g/mol. The van der Waals surface area contributed by atoms with Crippen LogP contribution in [0.4, 0.5) is 15.8 Å². The summed E-state index contributed by atoms with van der Waals surface area (Å²) in [5, 5.41) is 4.93. The molecule has 104 valence electrons. The van der Waals surface area contributed by atoms with E-state index < -0.39 is 17.8 Å². The summed E-state index contributed by atoms with van der Waals surface area (Å²) in [6, 6.07) is 3.94. The van der Waals surface area contributed by atoms with Gasteiger partial charge in [0.1, 0.15) is 11.9 Å². The van der Waals surface area contributed by atoms with E-state index in [9.17, 15) is 14.0 Å². The summed E-state index contributed by atoms with van der Waals surface area (Å²) in [4.78, 5) is 22.6. The summed E-state index contributed by atoms with van der Waals surface area (Å²) in [5.74, 6) is -1.29. The zero-order valence-electron chi connectivity index (χ0n) is 11.1. The van der Waals surface area contributed by atoms with Gasteiger partial charge < -0.3 is 15.4 Å². The Bertz CT molecular complexity index is 477. The molecule has 1 unspecified atom stereocenters. The van der Waals surface area contributed by atoms with E-state index in [-0.39, 0.29) is 11.6 Å². The standard InChI is InChI=1S/C13H17FN2O3/c1-4-19-8(2)13(18)16-12-7-10(15-9(3)17)5-6-11(12)14/h5-8H,4H2,1-3H3,(H,15,17)(H,16,18). The molecule has 1 atom stereocenters. The van der Waals surface area contributed by atoms with Crippen LogP contribution in [0.3, 0.4) is 0 Å². The SMILES string of the molecule is CCOC(C)C(=O)Nc1cc(NC(C)=O)ccc1F. The second kappa shape index (κ2) is 6.84. The maximum absolute atomic E-state index is 13.5. The van der Waals surface area contributed by atoms with Gasteiger partial charge in [0.2, 0.25) is 5.91 Å². The largest absolute Gasteiger partial charge is 0.369 e. The van der Waals surface area contributed by atoms with Gasteiger partial charge >= 0.3 is 0 Å². The lowest BCUT2D eigenvalue weighted by Gasteiger charge is -2.13. The third-order valence-corrected chi connectivity index (χ3v) is 2.33. The Kier molecular flexibility index (Phi) is 5.44. The highest BCUT2D eigenvalue weighted by atomic mass is 19.1. The van der Waals surface area contributed by atoms with Gasteiger partial charge in [-0.1, -0.05) is 0 Å². The second-order valence-electron chi connectivity index (χ2n) is 3.96. The first kappa shape index (κ1) is 15.1. The van der Waals surface area contributed by atoms with Gasteiger partial charge in [0.25, 0.3) is 5.91 Å². The predicted octanol–water partition coefficient (Wildman–Crippen LogP) is 2.15. The molecule has 0 radical (unpaired) electrons. The van der Waals surface area contributed by atoms with Gasteiger partial charge in [-0.2, -0.15) is 0 Å². The molecule has 0 spiro atoms. The maximum atomic E-state index is 13.5. The molecular formula is C13H17FN2O3. The van der Waals surface area contributed by atoms with E-state index in [1.165, 1.54) is 25.1 Å². The Hall–Kier alpha value is -1.95. The molecule has 0 fully saturated rings. The first-order valence-corrected chi connectivity index (χ1v) is 5.93. The maximum Gasteiger partial charge on any atom is 0.253 e. The van der Waals surface area contributed by atoms with E-state index in [1.54, 1.807) is 13.8 Å². The van der Waals surface area contributed by atoms with Crippen molar-refractivity contribution >= 4 is 23.2 Å². The van der Waals surface area contributed by atoms with E-state index in [1.807, 2.05) is 0 Å². The van der Waals surface area contributed by atoms with Gasteiger partial charge in [-0.25, -0.2) is 4.39 Å². The van der Waals surface area contributed by atoms with Gasteiger partial charge in [-0.15, -0.1) is 0 Å². The Morgan fingerprint density at radius 3 is 2.63 bits per heavy atom. The lowest BCUT2D eigenvalue weighted by molar-refractivity contribution is -0.126. The number of anilines is 2. The molecule has 0 aromatic heterocycles. The number of hydrogen-bond acceptors (Lipinski definition) is 3. The molecule has 0 bridgehead atoms. The van der Waals surface area contributed by atoms with Crippen LogP contribution in [-0.2, 0) is 14.3 Å². The molecule has 1 rings (SSSR count). The Morgan fingerprint density at radius 2 is 2.05 bits per heavy atom. The average Bonchev–Trinajstić information content (AvgIpc) is 2.33. The smallest absolute Gasteiger partial charge is 0.253 e. The van der Waals surface area contributed by atoms with Gasteiger partial charge in [0.05, 0.1) is 5.69 Å². The molecule has 2 amide bonds. The van der Waals surface area contributed by atoms with Gasteiger partial charge in [0, 0.05) is 19.2 Å². The molecule has 0 heterocycles. The summed E-state index contributed by atoms with van der Waals surface area (Å²) in [7, 11) is 0. The van der Waals surface area contributed by atoms with E-state index in [2.05, 4.69) is 10.6 Å². The summed E-state index contributed by atoms with van der Waals surface area (Å²) < 4.78 is 18.7. The zero-order chi connectivity index (χ0) is 14.4. The number of nitrogens with one attached hydrogen (secondary N) is 2. The Balaban J connectivity index is 2.82. The minimum absolute atomic E-state index is 0.00260. The minimum atomic E-state index is -0.672. The number of rotatable bonds is 5. The third-order valence-electron chi connectivity index (χ3n) is 2.33. The second-order valence-corrected chi connectivity index (χ2v) is 3.96. The number of carbonyl (C=O) groups is 2. The molecule has 2 N–H and O–H groups in total. The fourth-order valence-corrected chi connectivity index (χ4v) is 1.46. The van der Waals surface area contributed by atoms with E-state index in [0.29, 0.717) is 12.3 Å². The van der Waals surface area contributed by atoms with Crippen molar-refractivity contribution in [3.63, 3.8) is 0 Å². The van der Waals surface area contributed by atoms with Crippen molar-refractivity contribution in [2.45, 2.75) is 26.9 Å². The average molecular weight is 268 g/mol. The quantitative estimate of drug-likeness (QED) is 0.859. The highest BCUT2D eigenvalue weighted by Gasteiger charge is 2.15. The van der Waals surface area contributed by atoms with E-state index in [0.717, 1.165) is 0 Å². The monoisotopic (exact) mass is 268 g/mol. The van der Waals surface area contributed by atoms with E-state index >= 15 is 0 Å². The van der Waals surface area contributed by atoms with Crippen LogP contribution in [0.5, 0.6) is 0 Å². The van der Waals surface area contributed by atoms with Crippen LogP contribution in [0.2, 0.25) is 0 Å². The van der Waals surface area contributed by atoms with Crippen molar-refractivity contribution in [1.29, 1.82) is 0 Å². The number of carbonyl (C=O) groups excluding carboxylic acids is 2. The molecule has 19 heavy (non-hydrogen) atoms. The highest BCUT2D eigenvalue weighted by molar-refractivity contribution is 5.95. The lowest BCUT2D eigenvalue weighted by Crippen LogP contribution is -2.28. The van der Waals surface area contributed by atoms with E-state index in [4.69, 9.17) is 4.74 Å². The molecule has 0 aliphatic carbocycles. The van der Waals surface area contributed by atoms with Crippen LogP contribution in [0.25, 0.3) is 0 Å². The van der Waals surface area contributed by atoms with Crippen molar-refractivity contribution in [3.8, 4) is 0 Å². The molecule has 0 saturated heterocycles. The van der Waals surface area contributed by atoms with Crippen LogP contribution in [0, 0.1) is 5.82 Å². The molecule has 5 nitrogen and oxygen atoms in total. The highest BCUT2D eigenvalue weighted by Crippen LogP contribution is 2.20. The summed E-state index contributed by atoms with van der Waals surface area (Å²) in [5.41, 5.74) is 0.413. The summed E-state index contributed by atoms with van der Waals surface area (Å²) >= 11 is 0. The van der Waals surface area contributed by atoms with Crippen LogP contribution in [-0.4, -0.2) is 24.5 Å². The lowest BCUT2D eigenvalue weighted by atomic mass is 10.2. The molecule has 6 heteroatoms. The minimum Gasteiger partial charge on any atom is -0.369 e. The number of ether oxygens (including phenoxy) is 1. The van der Waals surface area contributed by atoms with Crippen LogP contribution in [0.1, 0.15) is 20.8 Å². The predicted molar refractivity (Wildman–Crippen MR) is 70.4 cm³/mol.